The predicted molar refractivity (Wildman–Crippen MR) is 91.6 cm³/mol. The third-order valence-electron chi connectivity index (χ3n) is 5.05. The van der Waals surface area contributed by atoms with E-state index in [1.807, 2.05) is 12.1 Å². The highest BCUT2D eigenvalue weighted by molar-refractivity contribution is 5.49. The van der Waals surface area contributed by atoms with Crippen molar-refractivity contribution >= 4 is 5.69 Å². The van der Waals surface area contributed by atoms with Crippen molar-refractivity contribution in [3.63, 3.8) is 0 Å². The van der Waals surface area contributed by atoms with Crippen LogP contribution >= 0.6 is 0 Å². The Kier molecular flexibility index (Phi) is 5.57. The first-order valence-electron chi connectivity index (χ1n) is 8.81. The van der Waals surface area contributed by atoms with Gasteiger partial charge in [0.25, 0.3) is 0 Å². The molecule has 0 atom stereocenters. The highest BCUT2D eigenvalue weighted by Crippen LogP contribution is 2.20. The minimum absolute atomic E-state index is 0.344. The normalized spacial score (nSPS) is 21.2. The Morgan fingerprint density at radius 3 is 2.32 bits per heavy atom. The quantitative estimate of drug-likeness (QED) is 0.876. The summed E-state index contributed by atoms with van der Waals surface area (Å²) in [5.41, 5.74) is 1.22. The molecule has 0 amide bonds. The van der Waals surface area contributed by atoms with E-state index in [0.717, 1.165) is 38.8 Å². The molecule has 0 spiro atoms. The maximum Gasteiger partial charge on any atom is 0.115 e. The van der Waals surface area contributed by atoms with Crippen molar-refractivity contribution in [3.8, 4) is 5.75 Å². The van der Waals surface area contributed by atoms with E-state index >= 15 is 0 Å². The second-order valence-corrected chi connectivity index (χ2v) is 6.63. The molecule has 4 heteroatoms. The Bertz CT molecular complexity index is 434. The van der Waals surface area contributed by atoms with E-state index in [2.05, 4.69) is 15.1 Å². The first-order valence-corrected chi connectivity index (χ1v) is 8.81. The van der Waals surface area contributed by atoms with Crippen LogP contribution in [0.3, 0.4) is 0 Å². The molecule has 1 aliphatic carbocycles. The number of rotatable bonds is 5. The van der Waals surface area contributed by atoms with Crippen LogP contribution in [-0.2, 0) is 0 Å². The summed E-state index contributed by atoms with van der Waals surface area (Å²) in [6, 6.07) is 8.34. The van der Waals surface area contributed by atoms with Crippen molar-refractivity contribution in [1.82, 2.24) is 10.2 Å². The molecule has 1 saturated heterocycles. The van der Waals surface area contributed by atoms with Gasteiger partial charge in [0.15, 0.2) is 0 Å². The predicted octanol–water partition coefficient (Wildman–Crippen LogP) is 2.44. The van der Waals surface area contributed by atoms with Gasteiger partial charge in [-0.05, 0) is 37.1 Å². The Hall–Kier alpha value is -1.26. The third-order valence-corrected chi connectivity index (χ3v) is 5.05. The van der Waals surface area contributed by atoms with Crippen LogP contribution in [0.25, 0.3) is 0 Å². The van der Waals surface area contributed by atoms with E-state index in [1.165, 1.54) is 44.3 Å². The van der Waals surface area contributed by atoms with Crippen molar-refractivity contribution in [1.29, 1.82) is 0 Å². The first kappa shape index (κ1) is 15.6. The molecule has 1 aromatic carbocycles. The third kappa shape index (κ3) is 4.37. The molecule has 0 bridgehead atoms. The number of piperazine rings is 1. The summed E-state index contributed by atoms with van der Waals surface area (Å²) in [7, 11) is 0. The van der Waals surface area contributed by atoms with Gasteiger partial charge in [-0.3, -0.25) is 4.90 Å². The number of hydrogen-bond acceptors (Lipinski definition) is 4. The van der Waals surface area contributed by atoms with E-state index < -0.39 is 0 Å². The number of phenolic OH excluding ortho intramolecular Hbond substituents is 1. The highest BCUT2D eigenvalue weighted by Gasteiger charge is 2.18. The summed E-state index contributed by atoms with van der Waals surface area (Å²) in [6.45, 7) is 6.71. The molecule has 122 valence electrons. The Labute approximate surface area is 134 Å². The lowest BCUT2D eigenvalue weighted by Gasteiger charge is -2.36. The summed E-state index contributed by atoms with van der Waals surface area (Å²) < 4.78 is 0. The standard InChI is InChI=1S/C18H29N3O/c22-18-8-6-17(7-9-18)21-14-12-20(13-15-21)11-10-19-16-4-2-1-3-5-16/h6-9,16,19,22H,1-5,10-15H2. The number of nitrogens with one attached hydrogen (secondary N) is 1. The number of nitrogens with zero attached hydrogens (tertiary/aromatic N) is 2. The fourth-order valence-electron chi connectivity index (χ4n) is 3.63. The minimum Gasteiger partial charge on any atom is -0.508 e. The van der Waals surface area contributed by atoms with Crippen LogP contribution in [0.5, 0.6) is 5.75 Å². The summed E-state index contributed by atoms with van der Waals surface area (Å²) in [4.78, 5) is 4.97. The topological polar surface area (TPSA) is 38.7 Å². The number of aromatic hydroxyl groups is 1. The van der Waals surface area contributed by atoms with Gasteiger partial charge < -0.3 is 15.3 Å². The molecule has 2 aliphatic rings. The zero-order valence-electron chi connectivity index (χ0n) is 13.5. The number of phenols is 1. The van der Waals surface area contributed by atoms with Gasteiger partial charge >= 0.3 is 0 Å². The Balaban J connectivity index is 1.35. The smallest absolute Gasteiger partial charge is 0.115 e. The van der Waals surface area contributed by atoms with Crippen LogP contribution in [0.4, 0.5) is 5.69 Å². The van der Waals surface area contributed by atoms with Crippen LogP contribution in [0.15, 0.2) is 24.3 Å². The SMILES string of the molecule is Oc1ccc(N2CCN(CCNC3CCCCC3)CC2)cc1. The fraction of sp³-hybridized carbons (Fsp3) is 0.667. The van der Waals surface area contributed by atoms with Crippen molar-refractivity contribution in [3.05, 3.63) is 24.3 Å². The average molecular weight is 303 g/mol. The molecule has 0 radical (unpaired) electrons. The fourth-order valence-corrected chi connectivity index (χ4v) is 3.63. The molecule has 4 nitrogen and oxygen atoms in total. The van der Waals surface area contributed by atoms with Gasteiger partial charge in [0, 0.05) is 51.0 Å². The summed E-state index contributed by atoms with van der Waals surface area (Å²) >= 11 is 0. The van der Waals surface area contributed by atoms with E-state index in [0.29, 0.717) is 5.75 Å². The molecular weight excluding hydrogens is 274 g/mol. The maximum absolute atomic E-state index is 9.37. The van der Waals surface area contributed by atoms with Gasteiger partial charge in [0.2, 0.25) is 0 Å². The molecule has 3 rings (SSSR count). The Morgan fingerprint density at radius 2 is 1.64 bits per heavy atom. The first-order chi connectivity index (χ1) is 10.8. The summed E-state index contributed by atoms with van der Waals surface area (Å²) in [5.74, 6) is 0.344. The summed E-state index contributed by atoms with van der Waals surface area (Å²) in [5, 5.41) is 13.1. The lowest BCUT2D eigenvalue weighted by atomic mass is 9.95. The molecule has 0 aromatic heterocycles. The van der Waals surface area contributed by atoms with Crippen molar-refractivity contribution in [2.75, 3.05) is 44.2 Å². The van der Waals surface area contributed by atoms with Crippen molar-refractivity contribution < 1.29 is 5.11 Å². The monoisotopic (exact) mass is 303 g/mol. The van der Waals surface area contributed by atoms with Gasteiger partial charge in [-0.25, -0.2) is 0 Å². The molecule has 1 aromatic rings. The van der Waals surface area contributed by atoms with Crippen LogP contribution in [0.2, 0.25) is 0 Å². The molecule has 1 heterocycles. The minimum atomic E-state index is 0.344. The second-order valence-electron chi connectivity index (χ2n) is 6.63. The van der Waals surface area contributed by atoms with Crippen LogP contribution in [-0.4, -0.2) is 55.3 Å². The van der Waals surface area contributed by atoms with E-state index in [4.69, 9.17) is 0 Å². The largest absolute Gasteiger partial charge is 0.508 e. The Morgan fingerprint density at radius 1 is 0.955 bits per heavy atom. The molecule has 0 unspecified atom stereocenters. The zero-order valence-corrected chi connectivity index (χ0v) is 13.5. The number of anilines is 1. The maximum atomic E-state index is 9.37. The molecular formula is C18H29N3O. The van der Waals surface area contributed by atoms with Crippen molar-refractivity contribution in [2.24, 2.45) is 0 Å². The van der Waals surface area contributed by atoms with Gasteiger partial charge in [-0.15, -0.1) is 0 Å². The van der Waals surface area contributed by atoms with Gasteiger partial charge in [-0.2, -0.15) is 0 Å². The molecule has 22 heavy (non-hydrogen) atoms. The lowest BCUT2D eigenvalue weighted by Crippen LogP contribution is -2.48. The van der Waals surface area contributed by atoms with E-state index in [1.54, 1.807) is 12.1 Å². The molecule has 2 N–H and O–H groups in total. The zero-order chi connectivity index (χ0) is 15.2. The number of hydrogen-bond donors (Lipinski definition) is 2. The summed E-state index contributed by atoms with van der Waals surface area (Å²) in [6.07, 6.45) is 6.98. The van der Waals surface area contributed by atoms with Crippen LogP contribution < -0.4 is 10.2 Å². The lowest BCUT2D eigenvalue weighted by molar-refractivity contribution is 0.248. The van der Waals surface area contributed by atoms with E-state index in [-0.39, 0.29) is 0 Å². The second kappa shape index (κ2) is 7.84. The average Bonchev–Trinajstić information content (AvgIpc) is 2.57. The van der Waals surface area contributed by atoms with Gasteiger partial charge in [-0.1, -0.05) is 19.3 Å². The molecule has 1 saturated carbocycles. The van der Waals surface area contributed by atoms with E-state index in [9.17, 15) is 5.11 Å². The van der Waals surface area contributed by atoms with Crippen molar-refractivity contribution in [2.45, 2.75) is 38.1 Å². The molecule has 1 aliphatic heterocycles. The highest BCUT2D eigenvalue weighted by atomic mass is 16.3. The molecule has 2 fully saturated rings. The number of benzene rings is 1. The van der Waals surface area contributed by atoms with Crippen LogP contribution in [0, 0.1) is 0 Å². The van der Waals surface area contributed by atoms with Gasteiger partial charge in [0.1, 0.15) is 5.75 Å². The van der Waals surface area contributed by atoms with Gasteiger partial charge in [0.05, 0.1) is 0 Å². The van der Waals surface area contributed by atoms with Crippen LogP contribution in [0.1, 0.15) is 32.1 Å².